The number of benzene rings is 2. The molecule has 0 amide bonds. The van der Waals surface area contributed by atoms with E-state index in [1.807, 2.05) is 6.07 Å². The van der Waals surface area contributed by atoms with Crippen LogP contribution in [0.3, 0.4) is 0 Å². The normalized spacial score (nSPS) is 11.2. The topological polar surface area (TPSA) is 90.6 Å². The van der Waals surface area contributed by atoms with Crippen LogP contribution in [-0.4, -0.2) is 29.9 Å². The molecule has 0 atom stereocenters. The lowest BCUT2D eigenvalue weighted by Gasteiger charge is -2.12. The van der Waals surface area contributed by atoms with E-state index < -0.39 is 5.82 Å². The monoisotopic (exact) mass is 455 g/mol. The molecule has 0 unspecified atom stereocenters. The molecule has 8 nitrogen and oxygen atoms in total. The van der Waals surface area contributed by atoms with E-state index in [4.69, 9.17) is 27.9 Å². The molecule has 0 saturated heterocycles. The molecule has 3 aromatic heterocycles. The Labute approximate surface area is 184 Å². The summed E-state index contributed by atoms with van der Waals surface area (Å²) in [5.41, 5.74) is 2.56. The van der Waals surface area contributed by atoms with Gasteiger partial charge in [-0.2, -0.15) is 0 Å². The second-order valence-electron chi connectivity index (χ2n) is 6.58. The molecule has 0 aliphatic carbocycles. The van der Waals surface area contributed by atoms with Gasteiger partial charge < -0.3 is 10.1 Å². The van der Waals surface area contributed by atoms with Gasteiger partial charge in [0.05, 0.1) is 21.7 Å². The summed E-state index contributed by atoms with van der Waals surface area (Å²) in [4.78, 5) is 12.5. The van der Waals surface area contributed by atoms with Crippen molar-refractivity contribution in [1.29, 1.82) is 0 Å². The highest BCUT2D eigenvalue weighted by molar-refractivity contribution is 6.32. The molecule has 0 aliphatic rings. The first-order valence-corrected chi connectivity index (χ1v) is 9.74. The first kappa shape index (κ1) is 19.4. The number of rotatable bonds is 4. The highest BCUT2D eigenvalue weighted by Crippen LogP contribution is 2.35. The van der Waals surface area contributed by atoms with Crippen LogP contribution in [0.5, 0.6) is 11.5 Å². The Hall–Kier alpha value is -3.56. The maximum absolute atomic E-state index is 14.8. The van der Waals surface area contributed by atoms with Crippen LogP contribution in [-0.2, 0) is 7.05 Å². The highest BCUT2D eigenvalue weighted by atomic mass is 35.5. The fraction of sp³-hybridized carbons (Fsp3) is 0.0500. The quantitative estimate of drug-likeness (QED) is 0.368. The van der Waals surface area contributed by atoms with Crippen LogP contribution in [0.15, 0.2) is 48.8 Å². The van der Waals surface area contributed by atoms with Gasteiger partial charge in [-0.3, -0.25) is 0 Å². The number of pyridine rings is 1. The van der Waals surface area contributed by atoms with Gasteiger partial charge in [0.25, 0.3) is 0 Å². The van der Waals surface area contributed by atoms with Crippen LogP contribution < -0.4 is 10.1 Å². The molecule has 0 fully saturated rings. The molecule has 0 radical (unpaired) electrons. The molecular weight excluding hydrogens is 444 g/mol. The van der Waals surface area contributed by atoms with Crippen LogP contribution in [0.4, 0.5) is 15.9 Å². The first-order chi connectivity index (χ1) is 15.0. The standard InChI is InChI=1S/C20H12Cl2FN7O/c1-30-16-4-2-10(6-15(16)28-29-30)31-17-8-12(23)14(7-11(17)21)26-20-19-13(24-9-25-20)3-5-18(22)27-19/h2-9H,1H3,(H,24,25,26). The van der Waals surface area contributed by atoms with Crippen LogP contribution in [0, 0.1) is 5.82 Å². The Morgan fingerprint density at radius 3 is 2.77 bits per heavy atom. The van der Waals surface area contributed by atoms with E-state index in [0.29, 0.717) is 28.1 Å². The van der Waals surface area contributed by atoms with Crippen LogP contribution in [0.25, 0.3) is 22.1 Å². The number of halogens is 3. The summed E-state index contributed by atoms with van der Waals surface area (Å²) < 4.78 is 22.2. The first-order valence-electron chi connectivity index (χ1n) is 8.98. The van der Waals surface area contributed by atoms with Gasteiger partial charge in [-0.05, 0) is 30.3 Å². The summed E-state index contributed by atoms with van der Waals surface area (Å²) in [6, 6.07) is 11.2. The summed E-state index contributed by atoms with van der Waals surface area (Å²) >= 11 is 12.3. The van der Waals surface area contributed by atoms with E-state index in [-0.39, 0.29) is 21.6 Å². The van der Waals surface area contributed by atoms with E-state index in [2.05, 4.69) is 30.6 Å². The van der Waals surface area contributed by atoms with Crippen molar-refractivity contribution in [2.24, 2.45) is 7.05 Å². The summed E-state index contributed by atoms with van der Waals surface area (Å²) in [6.45, 7) is 0. The number of nitrogens with zero attached hydrogens (tertiary/aromatic N) is 6. The average Bonchev–Trinajstić information content (AvgIpc) is 3.12. The van der Waals surface area contributed by atoms with E-state index in [1.165, 1.54) is 18.5 Å². The fourth-order valence-electron chi connectivity index (χ4n) is 3.05. The van der Waals surface area contributed by atoms with Crippen molar-refractivity contribution >= 4 is 56.8 Å². The zero-order chi connectivity index (χ0) is 21.5. The molecule has 2 aromatic carbocycles. The highest BCUT2D eigenvalue weighted by Gasteiger charge is 2.14. The fourth-order valence-corrected chi connectivity index (χ4v) is 3.40. The second-order valence-corrected chi connectivity index (χ2v) is 7.37. The Bertz CT molecular complexity index is 1460. The smallest absolute Gasteiger partial charge is 0.160 e. The van der Waals surface area contributed by atoms with Gasteiger partial charge in [0.2, 0.25) is 0 Å². The van der Waals surface area contributed by atoms with Gasteiger partial charge in [-0.25, -0.2) is 24.0 Å². The minimum atomic E-state index is -0.589. The minimum Gasteiger partial charge on any atom is -0.456 e. The Morgan fingerprint density at radius 2 is 1.90 bits per heavy atom. The molecule has 3 heterocycles. The Kier molecular flexibility index (Phi) is 4.76. The molecule has 5 rings (SSSR count). The zero-order valence-corrected chi connectivity index (χ0v) is 17.4. The number of hydrogen-bond acceptors (Lipinski definition) is 7. The molecule has 0 spiro atoms. The Balaban J connectivity index is 1.46. The van der Waals surface area contributed by atoms with E-state index in [1.54, 1.807) is 36.0 Å². The minimum absolute atomic E-state index is 0.100. The average molecular weight is 456 g/mol. The van der Waals surface area contributed by atoms with Gasteiger partial charge in [-0.1, -0.05) is 28.4 Å². The van der Waals surface area contributed by atoms with Gasteiger partial charge in [0.1, 0.15) is 39.8 Å². The van der Waals surface area contributed by atoms with E-state index >= 15 is 0 Å². The number of fused-ring (bicyclic) bond motifs is 2. The molecule has 0 aliphatic heterocycles. The van der Waals surface area contributed by atoms with Gasteiger partial charge in [-0.15, -0.1) is 5.10 Å². The predicted molar refractivity (Wildman–Crippen MR) is 116 cm³/mol. The van der Waals surface area contributed by atoms with Gasteiger partial charge >= 0.3 is 0 Å². The molecule has 11 heteroatoms. The number of hydrogen-bond donors (Lipinski definition) is 1. The van der Waals surface area contributed by atoms with E-state index in [0.717, 1.165) is 5.52 Å². The maximum atomic E-state index is 14.8. The third-order valence-electron chi connectivity index (χ3n) is 4.53. The molecule has 154 valence electrons. The third-order valence-corrected chi connectivity index (χ3v) is 5.04. The lowest BCUT2D eigenvalue weighted by Crippen LogP contribution is -2.00. The van der Waals surface area contributed by atoms with Crippen LogP contribution in [0.2, 0.25) is 10.2 Å². The number of aromatic nitrogens is 6. The molecular formula is C20H12Cl2FN7O. The summed E-state index contributed by atoms with van der Waals surface area (Å²) in [5, 5.41) is 11.4. The van der Waals surface area contributed by atoms with Crippen molar-refractivity contribution in [3.05, 3.63) is 64.8 Å². The predicted octanol–water partition coefficient (Wildman–Crippen LogP) is 5.29. The van der Waals surface area contributed by atoms with Crippen molar-refractivity contribution < 1.29 is 9.13 Å². The molecule has 0 bridgehead atoms. The van der Waals surface area contributed by atoms with Crippen LogP contribution in [0.1, 0.15) is 0 Å². The number of nitrogens with one attached hydrogen (secondary N) is 1. The summed E-state index contributed by atoms with van der Waals surface area (Å²) in [6.07, 6.45) is 1.35. The van der Waals surface area contributed by atoms with Crippen LogP contribution >= 0.6 is 23.2 Å². The molecule has 1 N–H and O–H groups in total. The van der Waals surface area contributed by atoms with Crippen molar-refractivity contribution in [2.75, 3.05) is 5.32 Å². The SMILES string of the molecule is Cn1nnc2cc(Oc3cc(F)c(Nc4ncnc5ccc(Cl)nc45)cc3Cl)ccc21. The van der Waals surface area contributed by atoms with E-state index in [9.17, 15) is 4.39 Å². The number of anilines is 2. The lowest BCUT2D eigenvalue weighted by atomic mass is 10.2. The summed E-state index contributed by atoms with van der Waals surface area (Å²) in [7, 11) is 1.79. The number of aryl methyl sites for hydroxylation is 1. The maximum Gasteiger partial charge on any atom is 0.160 e. The number of ether oxygens (including phenoxy) is 1. The molecule has 0 saturated carbocycles. The van der Waals surface area contributed by atoms with Crippen molar-refractivity contribution in [1.82, 2.24) is 29.9 Å². The van der Waals surface area contributed by atoms with Gasteiger partial charge in [0.15, 0.2) is 5.82 Å². The third kappa shape index (κ3) is 3.69. The van der Waals surface area contributed by atoms with Gasteiger partial charge in [0, 0.05) is 19.2 Å². The molecule has 31 heavy (non-hydrogen) atoms. The van der Waals surface area contributed by atoms with Crippen molar-refractivity contribution in [2.45, 2.75) is 0 Å². The summed E-state index contributed by atoms with van der Waals surface area (Å²) in [5.74, 6) is 0.315. The Morgan fingerprint density at radius 1 is 1.03 bits per heavy atom. The lowest BCUT2D eigenvalue weighted by molar-refractivity contribution is 0.478. The largest absolute Gasteiger partial charge is 0.456 e. The zero-order valence-electron chi connectivity index (χ0n) is 15.8. The van der Waals surface area contributed by atoms with Crippen molar-refractivity contribution in [3.63, 3.8) is 0 Å². The second kappa shape index (κ2) is 7.60. The molecule has 5 aromatic rings. The van der Waals surface area contributed by atoms with Crippen molar-refractivity contribution in [3.8, 4) is 11.5 Å².